The SMILES string of the molecule is CCOC(=O)C1C(C)=NC2=C(C(=O)CC(C)(C)C2)[C@H]1c1ccsc1. The number of allylic oxidation sites excluding steroid dienone is 2. The molecule has 0 amide bonds. The summed E-state index contributed by atoms with van der Waals surface area (Å²) >= 11 is 1.58. The molecule has 0 spiro atoms. The zero-order chi connectivity index (χ0) is 17.5. The number of hydrogen-bond donors (Lipinski definition) is 0. The fourth-order valence-electron chi connectivity index (χ4n) is 3.79. The first-order valence-corrected chi connectivity index (χ1v) is 9.28. The molecule has 4 nitrogen and oxygen atoms in total. The fourth-order valence-corrected chi connectivity index (χ4v) is 4.49. The van der Waals surface area contributed by atoms with Crippen LogP contribution in [0, 0.1) is 11.3 Å². The van der Waals surface area contributed by atoms with Crippen LogP contribution in [0.25, 0.3) is 0 Å². The second-order valence-corrected chi connectivity index (χ2v) is 8.10. The molecule has 5 heteroatoms. The molecule has 1 aromatic rings. The van der Waals surface area contributed by atoms with Crippen molar-refractivity contribution in [3.05, 3.63) is 33.7 Å². The van der Waals surface area contributed by atoms with E-state index in [0.29, 0.717) is 13.0 Å². The van der Waals surface area contributed by atoms with Crippen molar-refractivity contribution in [1.82, 2.24) is 0 Å². The molecule has 0 radical (unpaired) electrons. The number of nitrogens with zero attached hydrogens (tertiary/aromatic N) is 1. The summed E-state index contributed by atoms with van der Waals surface area (Å²) in [6.07, 6.45) is 1.26. The molecule has 2 atom stereocenters. The van der Waals surface area contributed by atoms with Gasteiger partial charge in [0.25, 0.3) is 0 Å². The summed E-state index contributed by atoms with van der Waals surface area (Å²) in [5.41, 5.74) is 3.24. The molecule has 0 fully saturated rings. The molecule has 0 aromatic carbocycles. The van der Waals surface area contributed by atoms with E-state index >= 15 is 0 Å². The van der Waals surface area contributed by atoms with E-state index in [2.05, 4.69) is 18.8 Å². The second-order valence-electron chi connectivity index (χ2n) is 7.32. The maximum absolute atomic E-state index is 12.9. The van der Waals surface area contributed by atoms with Crippen molar-refractivity contribution in [2.24, 2.45) is 16.3 Å². The average Bonchev–Trinajstić information content (AvgIpc) is 2.98. The maximum Gasteiger partial charge on any atom is 0.315 e. The third kappa shape index (κ3) is 2.97. The van der Waals surface area contributed by atoms with E-state index in [1.165, 1.54) is 0 Å². The molecule has 0 N–H and O–H groups in total. The van der Waals surface area contributed by atoms with E-state index in [4.69, 9.17) is 4.74 Å². The molecule has 1 aliphatic heterocycles. The third-order valence-corrected chi connectivity index (χ3v) is 5.45. The van der Waals surface area contributed by atoms with Crippen LogP contribution >= 0.6 is 11.3 Å². The van der Waals surface area contributed by atoms with Gasteiger partial charge in [-0.05, 0) is 48.1 Å². The van der Waals surface area contributed by atoms with E-state index in [1.54, 1.807) is 18.3 Å². The Kier molecular flexibility index (Phi) is 4.47. The molecule has 1 unspecified atom stereocenters. The Balaban J connectivity index is 2.13. The van der Waals surface area contributed by atoms with Crippen LogP contribution in [-0.4, -0.2) is 24.1 Å². The molecule has 24 heavy (non-hydrogen) atoms. The summed E-state index contributed by atoms with van der Waals surface area (Å²) < 4.78 is 5.29. The van der Waals surface area contributed by atoms with Gasteiger partial charge in [-0.2, -0.15) is 11.3 Å². The Morgan fingerprint density at radius 1 is 1.42 bits per heavy atom. The van der Waals surface area contributed by atoms with E-state index < -0.39 is 5.92 Å². The van der Waals surface area contributed by atoms with Gasteiger partial charge >= 0.3 is 5.97 Å². The van der Waals surface area contributed by atoms with Gasteiger partial charge in [0.15, 0.2) is 5.78 Å². The van der Waals surface area contributed by atoms with Gasteiger partial charge in [0, 0.05) is 29.3 Å². The summed E-state index contributed by atoms with van der Waals surface area (Å²) in [5, 5.41) is 4.00. The van der Waals surface area contributed by atoms with Gasteiger partial charge in [0.1, 0.15) is 5.92 Å². The fraction of sp³-hybridized carbons (Fsp3) is 0.526. The zero-order valence-corrected chi connectivity index (χ0v) is 15.4. The van der Waals surface area contributed by atoms with Crippen molar-refractivity contribution in [3.63, 3.8) is 0 Å². The first kappa shape index (κ1) is 17.1. The van der Waals surface area contributed by atoms with E-state index in [1.807, 2.05) is 23.8 Å². The highest BCUT2D eigenvalue weighted by atomic mass is 32.1. The van der Waals surface area contributed by atoms with Crippen LogP contribution in [-0.2, 0) is 14.3 Å². The molecule has 2 aliphatic rings. The van der Waals surface area contributed by atoms with Crippen molar-refractivity contribution >= 4 is 28.8 Å². The molecule has 3 rings (SSSR count). The first-order valence-electron chi connectivity index (χ1n) is 8.34. The number of esters is 1. The molecular formula is C19H23NO3S. The average molecular weight is 345 g/mol. The van der Waals surface area contributed by atoms with Crippen molar-refractivity contribution in [2.45, 2.75) is 46.5 Å². The predicted molar refractivity (Wildman–Crippen MR) is 95.3 cm³/mol. The number of ether oxygens (including phenoxy) is 1. The Morgan fingerprint density at radius 3 is 2.79 bits per heavy atom. The lowest BCUT2D eigenvalue weighted by atomic mass is 9.67. The van der Waals surface area contributed by atoms with Gasteiger partial charge in [0.2, 0.25) is 0 Å². The van der Waals surface area contributed by atoms with E-state index in [9.17, 15) is 9.59 Å². The monoisotopic (exact) mass is 345 g/mol. The van der Waals surface area contributed by atoms with Crippen LogP contribution in [0.1, 0.15) is 52.0 Å². The van der Waals surface area contributed by atoms with Crippen LogP contribution in [0.2, 0.25) is 0 Å². The van der Waals surface area contributed by atoms with Gasteiger partial charge in [-0.15, -0.1) is 0 Å². The van der Waals surface area contributed by atoms with Crippen LogP contribution in [0.5, 0.6) is 0 Å². The van der Waals surface area contributed by atoms with Crippen molar-refractivity contribution in [3.8, 4) is 0 Å². The zero-order valence-electron chi connectivity index (χ0n) is 14.6. The Labute approximate surface area is 146 Å². The summed E-state index contributed by atoms with van der Waals surface area (Å²) in [6, 6.07) is 2.00. The molecule has 1 aromatic heterocycles. The standard InChI is InChI=1S/C19H23NO3S/c1-5-23-18(22)15-11(2)20-13-8-19(3,4)9-14(21)17(13)16(15)12-6-7-24-10-12/h6-7,10,15-16H,5,8-9H2,1-4H3/t15?,16-/m0/s1. The number of thiophene rings is 1. The number of Topliss-reactive ketones (excluding diaryl/α,β-unsaturated/α-hetero) is 1. The van der Waals surface area contributed by atoms with Crippen molar-refractivity contribution in [1.29, 1.82) is 0 Å². The van der Waals surface area contributed by atoms with E-state index in [0.717, 1.165) is 29.0 Å². The maximum atomic E-state index is 12.9. The molecule has 1 aliphatic carbocycles. The molecule has 0 bridgehead atoms. The first-order chi connectivity index (χ1) is 11.3. The lowest BCUT2D eigenvalue weighted by molar-refractivity contribution is -0.146. The highest BCUT2D eigenvalue weighted by Crippen LogP contribution is 2.48. The number of carbonyl (C=O) groups is 2. The minimum Gasteiger partial charge on any atom is -0.465 e. The summed E-state index contributed by atoms with van der Waals surface area (Å²) in [4.78, 5) is 30.2. The number of hydrogen-bond acceptors (Lipinski definition) is 5. The predicted octanol–water partition coefficient (Wildman–Crippen LogP) is 4.13. The summed E-state index contributed by atoms with van der Waals surface area (Å²) in [5.74, 6) is -0.961. The number of carbonyl (C=O) groups excluding carboxylic acids is 2. The second kappa shape index (κ2) is 6.28. The molecule has 0 saturated heterocycles. The van der Waals surface area contributed by atoms with Gasteiger partial charge in [-0.3, -0.25) is 14.6 Å². The lowest BCUT2D eigenvalue weighted by Crippen LogP contribution is -2.39. The smallest absolute Gasteiger partial charge is 0.315 e. The molecule has 2 heterocycles. The van der Waals surface area contributed by atoms with Crippen LogP contribution in [0.4, 0.5) is 0 Å². The summed E-state index contributed by atoms with van der Waals surface area (Å²) in [6.45, 7) is 8.18. The molecular weight excluding hydrogens is 322 g/mol. The number of ketones is 1. The Morgan fingerprint density at radius 2 is 2.17 bits per heavy atom. The number of aliphatic imine (C=N–C) groups is 1. The number of rotatable bonds is 3. The van der Waals surface area contributed by atoms with Crippen LogP contribution < -0.4 is 0 Å². The normalized spacial score (nSPS) is 26.0. The lowest BCUT2D eigenvalue weighted by Gasteiger charge is -2.38. The van der Waals surface area contributed by atoms with Crippen molar-refractivity contribution < 1.29 is 14.3 Å². The largest absolute Gasteiger partial charge is 0.465 e. The van der Waals surface area contributed by atoms with Gasteiger partial charge in [-0.25, -0.2) is 0 Å². The quantitative estimate of drug-likeness (QED) is 0.774. The van der Waals surface area contributed by atoms with Gasteiger partial charge < -0.3 is 4.74 Å². The minimum absolute atomic E-state index is 0.0876. The van der Waals surface area contributed by atoms with Crippen LogP contribution in [0.3, 0.4) is 0 Å². The van der Waals surface area contributed by atoms with Crippen LogP contribution in [0.15, 0.2) is 33.1 Å². The highest BCUT2D eigenvalue weighted by molar-refractivity contribution is 7.08. The highest BCUT2D eigenvalue weighted by Gasteiger charge is 2.46. The Bertz CT molecular complexity index is 728. The van der Waals surface area contributed by atoms with Gasteiger partial charge in [-0.1, -0.05) is 13.8 Å². The molecule has 0 saturated carbocycles. The Hall–Kier alpha value is -1.75. The van der Waals surface area contributed by atoms with Gasteiger partial charge in [0.05, 0.1) is 6.61 Å². The minimum atomic E-state index is -0.511. The van der Waals surface area contributed by atoms with Crippen molar-refractivity contribution in [2.75, 3.05) is 6.61 Å². The van der Waals surface area contributed by atoms with E-state index in [-0.39, 0.29) is 23.1 Å². The third-order valence-electron chi connectivity index (χ3n) is 4.74. The summed E-state index contributed by atoms with van der Waals surface area (Å²) in [7, 11) is 0. The topological polar surface area (TPSA) is 55.7 Å². The molecule has 128 valence electrons.